The van der Waals surface area contributed by atoms with Crippen LogP contribution >= 0.6 is 23.4 Å². The van der Waals surface area contributed by atoms with E-state index < -0.39 is 5.97 Å². The van der Waals surface area contributed by atoms with Crippen molar-refractivity contribution in [3.63, 3.8) is 0 Å². The van der Waals surface area contributed by atoms with Gasteiger partial charge in [-0.3, -0.25) is 19.2 Å². The molecule has 0 unspecified atom stereocenters. The summed E-state index contributed by atoms with van der Waals surface area (Å²) >= 11 is 8.86. The molecule has 1 aliphatic heterocycles. The molecule has 1 aliphatic rings. The van der Waals surface area contributed by atoms with Crippen LogP contribution in [-0.2, 0) is 63.7 Å². The number of pyridine rings is 1. The van der Waals surface area contributed by atoms with Crippen LogP contribution in [0.3, 0.4) is 0 Å². The molecule has 0 saturated heterocycles. The Kier molecular flexibility index (Phi) is 12.0. The number of rotatable bonds is 16. The zero-order valence-electron chi connectivity index (χ0n) is 34.0. The topological polar surface area (TPSA) is 122 Å². The molecule has 0 aliphatic carbocycles. The highest BCUT2D eigenvalue weighted by molar-refractivity contribution is 7.98. The smallest absolute Gasteiger partial charge is 0.354 e. The number of thioether (sulfide) groups is 1. The van der Waals surface area contributed by atoms with Gasteiger partial charge in [-0.2, -0.15) is 10.2 Å². The molecule has 0 fully saturated rings. The number of halogens is 1. The summed E-state index contributed by atoms with van der Waals surface area (Å²) in [6, 6.07) is 22.2. The first-order valence-electron chi connectivity index (χ1n) is 19.7. The van der Waals surface area contributed by atoms with Gasteiger partial charge >= 0.3 is 5.97 Å². The lowest BCUT2D eigenvalue weighted by molar-refractivity contribution is 0.0589. The van der Waals surface area contributed by atoms with E-state index in [1.165, 1.54) is 7.11 Å². The first-order valence-corrected chi connectivity index (χ1v) is 21.1. The maximum Gasteiger partial charge on any atom is 0.354 e. The minimum atomic E-state index is -0.416. The molecule has 0 atom stereocenters. The number of aliphatic hydroxyl groups excluding tert-OH is 1. The number of carbonyl (C=O) groups excluding carboxylic acids is 1. The Morgan fingerprint density at radius 1 is 1.02 bits per heavy atom. The van der Waals surface area contributed by atoms with Crippen LogP contribution in [0.2, 0.25) is 5.02 Å². The average Bonchev–Trinajstić information content (AvgIpc) is 4.00. The number of carbonyl (C=O) groups is 1. The molecular weight excluding hydrogens is 786 g/mol. The van der Waals surface area contributed by atoms with Gasteiger partial charge in [-0.05, 0) is 86.3 Å². The fraction of sp³-hybridized carbons (Fsp3) is 0.333. The molecule has 3 aromatic carbocycles. The van der Waals surface area contributed by atoms with Gasteiger partial charge in [-0.25, -0.2) is 4.79 Å². The second-order valence-corrected chi connectivity index (χ2v) is 16.4. The Balaban J connectivity index is 1.02. The molecule has 0 amide bonds. The zero-order chi connectivity index (χ0) is 41.2. The highest BCUT2D eigenvalue weighted by Gasteiger charge is 2.30. The predicted molar refractivity (Wildman–Crippen MR) is 231 cm³/mol. The molecule has 0 saturated carbocycles. The SMILES string of the molecule is COC(=O)c1c(CCCO)c2ccc(Cl)c(-c3c(CN(C)Cc4cc(CSc5cc(OCc6ccc(OC)cc6)c6ncccc6c5)n(C)n4)nn4c3CCC4)c2n1C. The predicted octanol–water partition coefficient (Wildman–Crippen LogP) is 8.15. The quantitative estimate of drug-likeness (QED) is 0.0755. The standard InChI is InChI=1S/C45H48ClN7O5S/c1-50(25-37-41(38-11-7-19-53(38)49-37)40-36(46)17-16-35-34(10-8-20-54)44(45(55)57-5)51(2)43(35)40)24-30-22-31(52(3)48-30)27-59-33-21-29-9-6-18-47-42(29)39(23-33)58-26-28-12-14-32(56-4)15-13-28/h6,9,12-18,21-23,54H,7-8,10-11,19-20,24-27H2,1-5H3. The summed E-state index contributed by atoms with van der Waals surface area (Å²) in [4.78, 5) is 21.1. The van der Waals surface area contributed by atoms with Gasteiger partial charge in [0.05, 0.1) is 36.1 Å². The van der Waals surface area contributed by atoms with Crippen LogP contribution in [0.15, 0.2) is 77.8 Å². The molecule has 5 heterocycles. The van der Waals surface area contributed by atoms with Gasteiger partial charge in [0.2, 0.25) is 0 Å². The number of aryl methyl sites for hydroxylation is 4. The van der Waals surface area contributed by atoms with Crippen molar-refractivity contribution < 1.29 is 24.1 Å². The highest BCUT2D eigenvalue weighted by atomic mass is 35.5. The van der Waals surface area contributed by atoms with Gasteiger partial charge in [0.1, 0.15) is 29.3 Å². The number of ether oxygens (including phenoxy) is 3. The van der Waals surface area contributed by atoms with Crippen molar-refractivity contribution in [2.24, 2.45) is 14.1 Å². The van der Waals surface area contributed by atoms with E-state index >= 15 is 0 Å². The van der Waals surface area contributed by atoms with Gasteiger partial charge in [0, 0.05) is 90.5 Å². The summed E-state index contributed by atoms with van der Waals surface area (Å²) in [6.07, 6.45) is 4.74. The van der Waals surface area contributed by atoms with E-state index in [-0.39, 0.29) is 6.61 Å². The normalized spacial score (nSPS) is 12.5. The molecule has 4 aromatic heterocycles. The van der Waals surface area contributed by atoms with Crippen molar-refractivity contribution in [3.8, 4) is 22.6 Å². The van der Waals surface area contributed by atoms with Crippen LogP contribution in [0.1, 0.15) is 57.2 Å². The van der Waals surface area contributed by atoms with E-state index in [1.54, 1.807) is 25.1 Å². The van der Waals surface area contributed by atoms with Gasteiger partial charge in [0.25, 0.3) is 0 Å². The molecule has 8 rings (SSSR count). The first-order chi connectivity index (χ1) is 28.7. The lowest BCUT2D eigenvalue weighted by Gasteiger charge is -2.17. The number of benzene rings is 3. The third-order valence-corrected chi connectivity index (χ3v) is 12.3. The molecular formula is C45H48ClN7O5S. The Bertz CT molecular complexity index is 2650. The molecule has 0 bridgehead atoms. The van der Waals surface area contributed by atoms with E-state index in [1.807, 2.05) is 65.8 Å². The van der Waals surface area contributed by atoms with Gasteiger partial charge in [-0.1, -0.05) is 35.9 Å². The van der Waals surface area contributed by atoms with Crippen molar-refractivity contribution >= 4 is 51.1 Å². The van der Waals surface area contributed by atoms with Crippen molar-refractivity contribution in [2.75, 3.05) is 27.9 Å². The van der Waals surface area contributed by atoms with Crippen LogP contribution in [-0.4, -0.2) is 73.0 Å². The van der Waals surface area contributed by atoms with Gasteiger partial charge < -0.3 is 23.9 Å². The van der Waals surface area contributed by atoms with E-state index in [0.29, 0.717) is 43.3 Å². The number of aliphatic hydroxyl groups is 1. The minimum absolute atomic E-state index is 0.0206. The molecule has 0 spiro atoms. The monoisotopic (exact) mass is 833 g/mol. The Morgan fingerprint density at radius 2 is 1.85 bits per heavy atom. The average molecular weight is 834 g/mol. The lowest BCUT2D eigenvalue weighted by Crippen LogP contribution is -2.19. The summed E-state index contributed by atoms with van der Waals surface area (Å²) in [5.41, 5.74) is 10.1. The zero-order valence-corrected chi connectivity index (χ0v) is 35.6. The van der Waals surface area contributed by atoms with Crippen LogP contribution in [0.25, 0.3) is 32.9 Å². The summed E-state index contributed by atoms with van der Waals surface area (Å²) in [5.74, 6) is 1.86. The summed E-state index contributed by atoms with van der Waals surface area (Å²) in [7, 11) is 9.02. The molecule has 14 heteroatoms. The molecule has 7 aromatic rings. The number of fused-ring (bicyclic) bond motifs is 3. The van der Waals surface area contributed by atoms with Gasteiger partial charge in [-0.15, -0.1) is 11.8 Å². The van der Waals surface area contributed by atoms with Crippen molar-refractivity contribution in [1.29, 1.82) is 0 Å². The molecule has 1 N–H and O–H groups in total. The van der Waals surface area contributed by atoms with E-state index in [0.717, 1.165) is 108 Å². The molecule has 59 heavy (non-hydrogen) atoms. The van der Waals surface area contributed by atoms with Crippen molar-refractivity contribution in [1.82, 2.24) is 34.0 Å². The molecule has 12 nitrogen and oxygen atoms in total. The lowest BCUT2D eigenvalue weighted by atomic mass is 9.97. The number of aromatic nitrogens is 6. The Labute approximate surface area is 352 Å². The second-order valence-electron chi connectivity index (χ2n) is 15.0. The van der Waals surface area contributed by atoms with Gasteiger partial charge in [0.15, 0.2) is 0 Å². The summed E-state index contributed by atoms with van der Waals surface area (Å²) in [5, 5.41) is 22.3. The number of nitrogens with zero attached hydrogens (tertiary/aromatic N) is 7. The third-order valence-electron chi connectivity index (χ3n) is 11.0. The highest BCUT2D eigenvalue weighted by Crippen LogP contribution is 2.44. The fourth-order valence-electron chi connectivity index (χ4n) is 8.23. The second kappa shape index (κ2) is 17.5. The van der Waals surface area contributed by atoms with Crippen LogP contribution < -0.4 is 9.47 Å². The van der Waals surface area contributed by atoms with Crippen molar-refractivity contribution in [2.45, 2.75) is 62.6 Å². The number of methoxy groups -OCH3 is 2. The maximum absolute atomic E-state index is 13.1. The van der Waals surface area contributed by atoms with Crippen LogP contribution in [0, 0.1) is 0 Å². The summed E-state index contributed by atoms with van der Waals surface area (Å²) in [6.45, 7) is 2.47. The van der Waals surface area contributed by atoms with E-state index in [4.69, 9.17) is 36.0 Å². The Morgan fingerprint density at radius 3 is 2.63 bits per heavy atom. The Hall–Kier alpha value is -5.34. The van der Waals surface area contributed by atoms with Crippen molar-refractivity contribution in [3.05, 3.63) is 118 Å². The minimum Gasteiger partial charge on any atom is -0.497 e. The maximum atomic E-state index is 13.1. The van der Waals surface area contributed by atoms with Crippen LogP contribution in [0.4, 0.5) is 0 Å². The van der Waals surface area contributed by atoms with E-state index in [2.05, 4.69) is 45.9 Å². The van der Waals surface area contributed by atoms with E-state index in [9.17, 15) is 9.90 Å². The number of hydrogen-bond donors (Lipinski definition) is 1. The van der Waals surface area contributed by atoms with Crippen LogP contribution in [0.5, 0.6) is 11.5 Å². The third kappa shape index (κ3) is 8.16. The largest absolute Gasteiger partial charge is 0.497 e. The first kappa shape index (κ1) is 40.4. The number of esters is 1. The fourth-order valence-corrected chi connectivity index (χ4v) is 9.46. The molecule has 306 valence electrons. The summed E-state index contributed by atoms with van der Waals surface area (Å²) < 4.78 is 22.8. The number of hydrogen-bond acceptors (Lipinski definition) is 10. The molecule has 0 radical (unpaired) electrons.